The van der Waals surface area contributed by atoms with Gasteiger partial charge in [0.15, 0.2) is 0 Å². The average Bonchev–Trinajstić information content (AvgIpc) is 2.32. The largest absolute Gasteiger partial charge is 0.325 e. The second kappa shape index (κ2) is 6.85. The summed E-state index contributed by atoms with van der Waals surface area (Å²) in [5, 5.41) is 2.73. The van der Waals surface area contributed by atoms with Crippen molar-refractivity contribution in [2.24, 2.45) is 0 Å². The highest BCUT2D eigenvalue weighted by Crippen LogP contribution is 2.14. The SMILES string of the molecule is CCCN(CC(=O)Nc1ccc(C)c(C)c1)S(C)(=O)=O. The zero-order chi connectivity index (χ0) is 15.3. The number of benzene rings is 1. The lowest BCUT2D eigenvalue weighted by atomic mass is 10.1. The van der Waals surface area contributed by atoms with Crippen LogP contribution in [0.5, 0.6) is 0 Å². The van der Waals surface area contributed by atoms with Crippen LogP contribution in [0.1, 0.15) is 24.5 Å². The molecule has 0 aromatic heterocycles. The molecule has 0 spiro atoms. The van der Waals surface area contributed by atoms with Crippen molar-refractivity contribution in [3.8, 4) is 0 Å². The standard InChI is InChI=1S/C14H22N2O3S/c1-5-8-16(20(4,18)19)10-14(17)15-13-7-6-11(2)12(3)9-13/h6-7,9H,5,8,10H2,1-4H3,(H,15,17). The molecule has 1 aromatic rings. The van der Waals surface area contributed by atoms with Gasteiger partial charge in [0.25, 0.3) is 0 Å². The molecular weight excluding hydrogens is 276 g/mol. The first-order chi connectivity index (χ1) is 9.24. The fourth-order valence-electron chi connectivity index (χ4n) is 1.79. The van der Waals surface area contributed by atoms with E-state index in [9.17, 15) is 13.2 Å². The molecule has 1 aromatic carbocycles. The highest BCUT2D eigenvalue weighted by molar-refractivity contribution is 7.88. The van der Waals surface area contributed by atoms with E-state index >= 15 is 0 Å². The Balaban J connectivity index is 2.73. The van der Waals surface area contributed by atoms with Gasteiger partial charge in [-0.1, -0.05) is 13.0 Å². The highest BCUT2D eigenvalue weighted by Gasteiger charge is 2.19. The Bertz CT molecular complexity index is 582. The fourth-order valence-corrected chi connectivity index (χ4v) is 2.66. The van der Waals surface area contributed by atoms with Crippen molar-refractivity contribution in [1.82, 2.24) is 4.31 Å². The minimum atomic E-state index is -3.36. The van der Waals surface area contributed by atoms with Crippen molar-refractivity contribution < 1.29 is 13.2 Å². The molecule has 0 aliphatic heterocycles. The van der Waals surface area contributed by atoms with Crippen molar-refractivity contribution in [3.63, 3.8) is 0 Å². The van der Waals surface area contributed by atoms with Crippen LogP contribution in [0.3, 0.4) is 0 Å². The Morgan fingerprint density at radius 1 is 1.25 bits per heavy atom. The van der Waals surface area contributed by atoms with Gasteiger partial charge in [-0.15, -0.1) is 0 Å². The summed E-state index contributed by atoms with van der Waals surface area (Å²) >= 11 is 0. The maximum atomic E-state index is 11.9. The monoisotopic (exact) mass is 298 g/mol. The lowest BCUT2D eigenvalue weighted by molar-refractivity contribution is -0.116. The van der Waals surface area contributed by atoms with Crippen LogP contribution in [-0.2, 0) is 14.8 Å². The quantitative estimate of drug-likeness (QED) is 0.872. The van der Waals surface area contributed by atoms with E-state index in [1.807, 2.05) is 39.0 Å². The Morgan fingerprint density at radius 2 is 1.90 bits per heavy atom. The van der Waals surface area contributed by atoms with Gasteiger partial charge in [0.1, 0.15) is 0 Å². The van der Waals surface area contributed by atoms with E-state index in [0.717, 1.165) is 17.4 Å². The zero-order valence-corrected chi connectivity index (χ0v) is 13.3. The van der Waals surface area contributed by atoms with Crippen LogP contribution in [0.15, 0.2) is 18.2 Å². The maximum Gasteiger partial charge on any atom is 0.239 e. The van der Waals surface area contributed by atoms with Gasteiger partial charge >= 0.3 is 0 Å². The molecule has 0 bridgehead atoms. The summed E-state index contributed by atoms with van der Waals surface area (Å²) in [5.41, 5.74) is 2.91. The molecule has 0 unspecified atom stereocenters. The van der Waals surface area contributed by atoms with E-state index in [1.54, 1.807) is 0 Å². The van der Waals surface area contributed by atoms with Gasteiger partial charge in [-0.25, -0.2) is 8.42 Å². The first kappa shape index (κ1) is 16.7. The third-order valence-corrected chi connectivity index (χ3v) is 4.30. The molecule has 1 N–H and O–H groups in total. The van der Waals surface area contributed by atoms with Gasteiger partial charge < -0.3 is 5.32 Å². The minimum Gasteiger partial charge on any atom is -0.325 e. The van der Waals surface area contributed by atoms with E-state index in [4.69, 9.17) is 0 Å². The second-order valence-electron chi connectivity index (χ2n) is 4.94. The first-order valence-corrected chi connectivity index (χ1v) is 8.41. The van der Waals surface area contributed by atoms with Crippen LogP contribution in [-0.4, -0.2) is 38.0 Å². The normalized spacial score (nSPS) is 11.7. The van der Waals surface area contributed by atoms with Crippen molar-refractivity contribution in [2.45, 2.75) is 27.2 Å². The number of amides is 1. The average molecular weight is 298 g/mol. The topological polar surface area (TPSA) is 66.5 Å². The lowest BCUT2D eigenvalue weighted by Gasteiger charge is -2.18. The molecule has 0 heterocycles. The highest BCUT2D eigenvalue weighted by atomic mass is 32.2. The molecule has 0 saturated carbocycles. The molecule has 112 valence electrons. The van der Waals surface area contributed by atoms with E-state index in [1.165, 1.54) is 4.31 Å². The van der Waals surface area contributed by atoms with Crippen LogP contribution >= 0.6 is 0 Å². The van der Waals surface area contributed by atoms with Gasteiger partial charge in [0.05, 0.1) is 12.8 Å². The predicted octanol–water partition coefficient (Wildman–Crippen LogP) is 1.91. The number of nitrogens with one attached hydrogen (secondary N) is 1. The van der Waals surface area contributed by atoms with Gasteiger partial charge in [-0.2, -0.15) is 4.31 Å². The number of hydrogen-bond donors (Lipinski definition) is 1. The predicted molar refractivity (Wildman–Crippen MR) is 81.3 cm³/mol. The summed E-state index contributed by atoms with van der Waals surface area (Å²) in [5.74, 6) is -0.327. The Labute approximate surface area is 121 Å². The molecule has 6 heteroatoms. The van der Waals surface area contributed by atoms with Gasteiger partial charge in [0.2, 0.25) is 15.9 Å². The summed E-state index contributed by atoms with van der Waals surface area (Å²) in [6.45, 7) is 6.02. The first-order valence-electron chi connectivity index (χ1n) is 6.56. The molecule has 1 rings (SSSR count). The smallest absolute Gasteiger partial charge is 0.239 e. The Kier molecular flexibility index (Phi) is 5.71. The fraction of sp³-hybridized carbons (Fsp3) is 0.500. The third kappa shape index (κ3) is 4.94. The molecule has 5 nitrogen and oxygen atoms in total. The molecule has 0 aliphatic carbocycles. The second-order valence-corrected chi connectivity index (χ2v) is 6.93. The third-order valence-electron chi connectivity index (χ3n) is 3.05. The molecule has 20 heavy (non-hydrogen) atoms. The van der Waals surface area contributed by atoms with E-state index < -0.39 is 10.0 Å². The van der Waals surface area contributed by atoms with Crippen molar-refractivity contribution >= 4 is 21.6 Å². The van der Waals surface area contributed by atoms with Crippen LogP contribution < -0.4 is 5.32 Å². The van der Waals surface area contributed by atoms with Crippen LogP contribution in [0.4, 0.5) is 5.69 Å². The van der Waals surface area contributed by atoms with E-state index in [0.29, 0.717) is 18.7 Å². The number of nitrogens with zero attached hydrogens (tertiary/aromatic N) is 1. The summed E-state index contributed by atoms with van der Waals surface area (Å²) in [4.78, 5) is 11.9. The number of anilines is 1. The zero-order valence-electron chi connectivity index (χ0n) is 12.4. The summed E-state index contributed by atoms with van der Waals surface area (Å²) in [6.07, 6.45) is 1.79. The van der Waals surface area contributed by atoms with Gasteiger partial charge in [0, 0.05) is 12.2 Å². The molecule has 0 saturated heterocycles. The molecule has 0 radical (unpaired) electrons. The summed E-state index contributed by atoms with van der Waals surface area (Å²) < 4.78 is 24.3. The number of carbonyl (C=O) groups excluding carboxylic acids is 1. The number of carbonyl (C=O) groups is 1. The maximum absolute atomic E-state index is 11.9. The van der Waals surface area contributed by atoms with Gasteiger partial charge in [-0.3, -0.25) is 4.79 Å². The van der Waals surface area contributed by atoms with Crippen LogP contribution in [0.25, 0.3) is 0 Å². The van der Waals surface area contributed by atoms with Crippen molar-refractivity contribution in [3.05, 3.63) is 29.3 Å². The number of sulfonamides is 1. The Hall–Kier alpha value is -1.40. The van der Waals surface area contributed by atoms with Crippen molar-refractivity contribution in [2.75, 3.05) is 24.7 Å². The molecule has 0 atom stereocenters. The minimum absolute atomic E-state index is 0.153. The summed E-state index contributed by atoms with van der Waals surface area (Å²) in [6, 6.07) is 5.61. The number of hydrogen-bond acceptors (Lipinski definition) is 3. The number of aryl methyl sites for hydroxylation is 2. The number of rotatable bonds is 6. The molecular formula is C14H22N2O3S. The Morgan fingerprint density at radius 3 is 2.40 bits per heavy atom. The van der Waals surface area contributed by atoms with E-state index in [2.05, 4.69) is 5.32 Å². The lowest BCUT2D eigenvalue weighted by Crippen LogP contribution is -2.37. The van der Waals surface area contributed by atoms with Crippen LogP contribution in [0.2, 0.25) is 0 Å². The molecule has 1 amide bonds. The van der Waals surface area contributed by atoms with E-state index in [-0.39, 0.29) is 12.5 Å². The molecule has 0 aliphatic rings. The summed E-state index contributed by atoms with van der Waals surface area (Å²) in [7, 11) is -3.36. The molecule has 0 fully saturated rings. The van der Waals surface area contributed by atoms with Crippen LogP contribution in [0, 0.1) is 13.8 Å². The van der Waals surface area contributed by atoms with Gasteiger partial charge in [-0.05, 0) is 43.5 Å². The van der Waals surface area contributed by atoms with Crippen molar-refractivity contribution in [1.29, 1.82) is 0 Å².